The predicted octanol–water partition coefficient (Wildman–Crippen LogP) is 2.78. The number of thioether (sulfide) groups is 1. The summed E-state index contributed by atoms with van der Waals surface area (Å²) in [5, 5.41) is 0. The van der Waals surface area contributed by atoms with Gasteiger partial charge in [-0.15, -0.1) is 0 Å². The van der Waals surface area contributed by atoms with Crippen LogP contribution in [0.5, 0.6) is 0 Å². The van der Waals surface area contributed by atoms with Gasteiger partial charge in [0, 0.05) is 22.5 Å². The van der Waals surface area contributed by atoms with Gasteiger partial charge in [-0.2, -0.15) is 11.8 Å². The highest BCUT2D eigenvalue weighted by Gasteiger charge is 1.98. The van der Waals surface area contributed by atoms with Gasteiger partial charge < -0.3 is 5.73 Å². The zero-order valence-electron chi connectivity index (χ0n) is 7.09. The second-order valence-electron chi connectivity index (χ2n) is 2.62. The molecule has 0 aromatic heterocycles. The Balaban J connectivity index is 2.56. The molecule has 4 heteroatoms. The van der Waals surface area contributed by atoms with Crippen LogP contribution in [0.3, 0.4) is 0 Å². The van der Waals surface area contributed by atoms with Crippen molar-refractivity contribution in [3.05, 3.63) is 34.1 Å². The minimum atomic E-state index is -0.197. The maximum absolute atomic E-state index is 12.9. The van der Waals surface area contributed by atoms with E-state index in [0.717, 1.165) is 21.5 Å². The molecule has 0 amide bonds. The van der Waals surface area contributed by atoms with E-state index in [1.54, 1.807) is 17.8 Å². The molecule has 72 valence electrons. The summed E-state index contributed by atoms with van der Waals surface area (Å²) in [5.74, 6) is 1.53. The lowest BCUT2D eigenvalue weighted by atomic mass is 10.2. The molecule has 0 aliphatic carbocycles. The van der Waals surface area contributed by atoms with Crippen LogP contribution in [0, 0.1) is 5.82 Å². The molecule has 0 heterocycles. The predicted molar refractivity (Wildman–Crippen MR) is 59.3 cm³/mol. The van der Waals surface area contributed by atoms with Crippen LogP contribution in [0.15, 0.2) is 22.7 Å². The Hall–Kier alpha value is -0.0600. The lowest BCUT2D eigenvalue weighted by Crippen LogP contribution is -2.01. The van der Waals surface area contributed by atoms with Gasteiger partial charge in [0.15, 0.2) is 0 Å². The molecule has 2 N–H and O–H groups in total. The Morgan fingerprint density at radius 3 is 2.77 bits per heavy atom. The van der Waals surface area contributed by atoms with Crippen LogP contribution < -0.4 is 5.73 Å². The molecule has 0 radical (unpaired) electrons. The first-order valence-electron chi connectivity index (χ1n) is 3.95. The quantitative estimate of drug-likeness (QED) is 0.846. The molecule has 0 unspecified atom stereocenters. The molecule has 0 aliphatic heterocycles. The van der Waals surface area contributed by atoms with Crippen molar-refractivity contribution in [3.63, 3.8) is 0 Å². The smallest absolute Gasteiger partial charge is 0.124 e. The fourth-order valence-corrected chi connectivity index (χ4v) is 2.19. The molecule has 0 saturated carbocycles. The van der Waals surface area contributed by atoms with Crippen molar-refractivity contribution >= 4 is 27.7 Å². The fraction of sp³-hybridized carbons (Fsp3) is 0.333. The number of nitrogens with two attached hydrogens (primary N) is 1. The van der Waals surface area contributed by atoms with Gasteiger partial charge in [-0.05, 0) is 23.8 Å². The van der Waals surface area contributed by atoms with E-state index in [9.17, 15) is 4.39 Å². The van der Waals surface area contributed by atoms with Crippen molar-refractivity contribution in [3.8, 4) is 0 Å². The molecule has 0 spiro atoms. The van der Waals surface area contributed by atoms with Crippen molar-refractivity contribution in [1.29, 1.82) is 0 Å². The van der Waals surface area contributed by atoms with Gasteiger partial charge in [-0.25, -0.2) is 4.39 Å². The Morgan fingerprint density at radius 1 is 1.38 bits per heavy atom. The molecular weight excluding hydrogens is 253 g/mol. The molecule has 1 rings (SSSR count). The van der Waals surface area contributed by atoms with E-state index in [0.29, 0.717) is 6.54 Å². The zero-order valence-corrected chi connectivity index (χ0v) is 9.50. The van der Waals surface area contributed by atoms with E-state index in [1.807, 2.05) is 6.07 Å². The third-order valence-corrected chi connectivity index (χ3v) is 2.97. The first-order valence-corrected chi connectivity index (χ1v) is 5.90. The second-order valence-corrected chi connectivity index (χ2v) is 4.64. The summed E-state index contributed by atoms with van der Waals surface area (Å²) < 4.78 is 13.7. The van der Waals surface area contributed by atoms with Crippen molar-refractivity contribution in [1.82, 2.24) is 0 Å². The first kappa shape index (κ1) is 11.0. The Bertz CT molecular complexity index is 260. The summed E-state index contributed by atoms with van der Waals surface area (Å²) in [6.07, 6.45) is 0. The highest BCUT2D eigenvalue weighted by Crippen LogP contribution is 2.18. The van der Waals surface area contributed by atoms with Gasteiger partial charge >= 0.3 is 0 Å². The van der Waals surface area contributed by atoms with Crippen LogP contribution >= 0.6 is 27.7 Å². The van der Waals surface area contributed by atoms with E-state index in [4.69, 9.17) is 5.73 Å². The molecule has 1 aromatic carbocycles. The van der Waals surface area contributed by atoms with Gasteiger partial charge in [0.1, 0.15) is 5.82 Å². The second kappa shape index (κ2) is 5.62. The van der Waals surface area contributed by atoms with E-state index in [1.165, 1.54) is 6.07 Å². The third-order valence-electron chi connectivity index (χ3n) is 1.45. The lowest BCUT2D eigenvalue weighted by Gasteiger charge is -2.01. The molecule has 0 atom stereocenters. The SMILES string of the molecule is NCCSCc1cc(F)cc(Br)c1. The van der Waals surface area contributed by atoms with Crippen LogP contribution in [0.25, 0.3) is 0 Å². The maximum atomic E-state index is 12.9. The largest absolute Gasteiger partial charge is 0.330 e. The van der Waals surface area contributed by atoms with Gasteiger partial charge in [-0.3, -0.25) is 0 Å². The average molecular weight is 264 g/mol. The van der Waals surface area contributed by atoms with E-state index in [2.05, 4.69) is 15.9 Å². The molecule has 0 aliphatic rings. The molecule has 0 fully saturated rings. The first-order chi connectivity index (χ1) is 6.22. The Kier molecular flexibility index (Phi) is 4.77. The number of benzene rings is 1. The molecule has 0 bridgehead atoms. The monoisotopic (exact) mass is 263 g/mol. The minimum absolute atomic E-state index is 0.197. The van der Waals surface area contributed by atoms with Crippen LogP contribution in [-0.2, 0) is 5.75 Å². The van der Waals surface area contributed by atoms with E-state index < -0.39 is 0 Å². The third kappa shape index (κ3) is 4.11. The number of rotatable bonds is 4. The van der Waals surface area contributed by atoms with Crippen LogP contribution in [-0.4, -0.2) is 12.3 Å². The summed E-state index contributed by atoms with van der Waals surface area (Å²) in [5.41, 5.74) is 6.34. The van der Waals surface area contributed by atoms with Gasteiger partial charge in [0.05, 0.1) is 0 Å². The van der Waals surface area contributed by atoms with Crippen molar-refractivity contribution in [2.24, 2.45) is 5.73 Å². The molecule has 13 heavy (non-hydrogen) atoms. The summed E-state index contributed by atoms with van der Waals surface area (Å²) in [6.45, 7) is 0.668. The van der Waals surface area contributed by atoms with Gasteiger partial charge in [-0.1, -0.05) is 15.9 Å². The van der Waals surface area contributed by atoms with E-state index >= 15 is 0 Å². The molecular formula is C9H11BrFNS. The molecule has 1 aromatic rings. The molecule has 1 nitrogen and oxygen atoms in total. The summed E-state index contributed by atoms with van der Waals surface area (Å²) in [7, 11) is 0. The van der Waals surface area contributed by atoms with Crippen molar-refractivity contribution in [2.75, 3.05) is 12.3 Å². The fourth-order valence-electron chi connectivity index (χ4n) is 0.968. The van der Waals surface area contributed by atoms with Crippen molar-refractivity contribution < 1.29 is 4.39 Å². The lowest BCUT2D eigenvalue weighted by molar-refractivity contribution is 0.625. The number of halogens is 2. The highest BCUT2D eigenvalue weighted by atomic mass is 79.9. The Morgan fingerprint density at radius 2 is 2.15 bits per heavy atom. The topological polar surface area (TPSA) is 26.0 Å². The summed E-state index contributed by atoms with van der Waals surface area (Å²) in [4.78, 5) is 0. The number of hydrogen-bond donors (Lipinski definition) is 1. The van der Waals surface area contributed by atoms with E-state index in [-0.39, 0.29) is 5.82 Å². The van der Waals surface area contributed by atoms with Crippen molar-refractivity contribution in [2.45, 2.75) is 5.75 Å². The van der Waals surface area contributed by atoms with Crippen LogP contribution in [0.4, 0.5) is 4.39 Å². The van der Waals surface area contributed by atoms with Gasteiger partial charge in [0.2, 0.25) is 0 Å². The van der Waals surface area contributed by atoms with Crippen LogP contribution in [0.1, 0.15) is 5.56 Å². The maximum Gasteiger partial charge on any atom is 0.124 e. The summed E-state index contributed by atoms with van der Waals surface area (Å²) in [6, 6.07) is 4.93. The minimum Gasteiger partial charge on any atom is -0.330 e. The highest BCUT2D eigenvalue weighted by molar-refractivity contribution is 9.10. The number of hydrogen-bond acceptors (Lipinski definition) is 2. The zero-order chi connectivity index (χ0) is 9.68. The summed E-state index contributed by atoms with van der Waals surface area (Å²) >= 11 is 4.96. The normalized spacial score (nSPS) is 10.4. The van der Waals surface area contributed by atoms with Crippen LogP contribution in [0.2, 0.25) is 0 Å². The van der Waals surface area contributed by atoms with Gasteiger partial charge in [0.25, 0.3) is 0 Å². The molecule has 0 saturated heterocycles. The Labute approximate surface area is 90.0 Å². The average Bonchev–Trinajstić information content (AvgIpc) is 2.03. The standard InChI is InChI=1S/C9H11BrFNS/c10-8-3-7(4-9(11)5-8)6-13-2-1-12/h3-5H,1-2,6,12H2.